The lowest BCUT2D eigenvalue weighted by atomic mass is 10.0. The molecular formula is C12H25NO. The first kappa shape index (κ1) is 12.0. The summed E-state index contributed by atoms with van der Waals surface area (Å²) in [5.41, 5.74) is 6.20. The first-order valence-corrected chi connectivity index (χ1v) is 6.03. The normalized spacial score (nSPS) is 22.5. The highest BCUT2D eigenvalue weighted by atomic mass is 16.5. The first-order valence-electron chi connectivity index (χ1n) is 6.03. The lowest BCUT2D eigenvalue weighted by molar-refractivity contribution is 0.0629. The molecule has 84 valence electrons. The summed E-state index contributed by atoms with van der Waals surface area (Å²) in [6, 6.07) is 0. The van der Waals surface area contributed by atoms with Gasteiger partial charge < -0.3 is 10.5 Å². The molecule has 14 heavy (non-hydrogen) atoms. The van der Waals surface area contributed by atoms with E-state index in [1.165, 1.54) is 25.7 Å². The molecule has 1 fully saturated rings. The third-order valence-corrected chi connectivity index (χ3v) is 3.17. The van der Waals surface area contributed by atoms with Gasteiger partial charge in [-0.1, -0.05) is 33.1 Å². The van der Waals surface area contributed by atoms with Gasteiger partial charge in [0.1, 0.15) is 0 Å². The number of nitrogens with two attached hydrogens (primary N) is 1. The van der Waals surface area contributed by atoms with E-state index in [9.17, 15) is 0 Å². The second-order valence-corrected chi connectivity index (χ2v) is 4.98. The Kier molecular flexibility index (Phi) is 4.90. The second-order valence-electron chi connectivity index (χ2n) is 4.98. The van der Waals surface area contributed by atoms with Crippen molar-refractivity contribution in [2.45, 2.75) is 57.9 Å². The van der Waals surface area contributed by atoms with E-state index in [1.807, 2.05) is 0 Å². The molecule has 0 radical (unpaired) electrons. The molecule has 0 aromatic rings. The van der Waals surface area contributed by atoms with Crippen molar-refractivity contribution in [2.75, 3.05) is 13.2 Å². The summed E-state index contributed by atoms with van der Waals surface area (Å²) in [6.45, 7) is 6.12. The van der Waals surface area contributed by atoms with E-state index >= 15 is 0 Å². The fourth-order valence-corrected chi connectivity index (χ4v) is 2.26. The van der Waals surface area contributed by atoms with Crippen LogP contribution in [0.3, 0.4) is 0 Å². The van der Waals surface area contributed by atoms with Gasteiger partial charge in [-0.25, -0.2) is 0 Å². The molecule has 1 rings (SSSR count). The van der Waals surface area contributed by atoms with Gasteiger partial charge >= 0.3 is 0 Å². The van der Waals surface area contributed by atoms with Crippen LogP contribution in [0.4, 0.5) is 0 Å². The molecule has 0 heterocycles. The maximum absolute atomic E-state index is 6.19. The molecule has 2 N–H and O–H groups in total. The molecule has 1 aliphatic carbocycles. The van der Waals surface area contributed by atoms with Crippen molar-refractivity contribution in [2.24, 2.45) is 11.7 Å². The van der Waals surface area contributed by atoms with Crippen LogP contribution in [0.5, 0.6) is 0 Å². The Morgan fingerprint density at radius 3 is 2.57 bits per heavy atom. The van der Waals surface area contributed by atoms with Gasteiger partial charge in [-0.05, 0) is 25.2 Å². The predicted molar refractivity (Wildman–Crippen MR) is 60.3 cm³/mol. The molecule has 1 atom stereocenters. The highest BCUT2D eigenvalue weighted by Gasteiger charge is 2.29. The zero-order valence-electron chi connectivity index (χ0n) is 9.72. The summed E-state index contributed by atoms with van der Waals surface area (Å²) in [5.74, 6) is 0.685. The highest BCUT2D eigenvalue weighted by molar-refractivity contribution is 4.88. The van der Waals surface area contributed by atoms with Gasteiger partial charge in [0.15, 0.2) is 0 Å². The lowest BCUT2D eigenvalue weighted by Crippen LogP contribution is -2.41. The first-order chi connectivity index (χ1) is 6.66. The van der Waals surface area contributed by atoms with Crippen LogP contribution >= 0.6 is 0 Å². The van der Waals surface area contributed by atoms with E-state index < -0.39 is 0 Å². The zero-order valence-corrected chi connectivity index (χ0v) is 9.72. The van der Waals surface area contributed by atoms with Crippen molar-refractivity contribution < 1.29 is 4.74 Å². The van der Waals surface area contributed by atoms with Crippen molar-refractivity contribution >= 4 is 0 Å². The second kappa shape index (κ2) is 5.72. The summed E-state index contributed by atoms with van der Waals surface area (Å²) >= 11 is 0. The Morgan fingerprint density at radius 1 is 1.36 bits per heavy atom. The minimum absolute atomic E-state index is 0.00589. The Hall–Kier alpha value is -0.0800. The van der Waals surface area contributed by atoms with E-state index in [-0.39, 0.29) is 5.54 Å². The van der Waals surface area contributed by atoms with Crippen LogP contribution in [0.25, 0.3) is 0 Å². The Bertz CT molecular complexity index is 152. The fourth-order valence-electron chi connectivity index (χ4n) is 2.26. The molecule has 1 aliphatic rings. The van der Waals surface area contributed by atoms with E-state index in [0.29, 0.717) is 5.92 Å². The van der Waals surface area contributed by atoms with E-state index in [2.05, 4.69) is 13.8 Å². The Balaban J connectivity index is 2.08. The summed E-state index contributed by atoms with van der Waals surface area (Å²) < 4.78 is 5.71. The van der Waals surface area contributed by atoms with Gasteiger partial charge in [-0.2, -0.15) is 0 Å². The zero-order chi connectivity index (χ0) is 10.4. The molecule has 1 saturated carbocycles. The molecule has 1 unspecified atom stereocenters. The molecule has 0 aromatic carbocycles. The molecule has 0 aliphatic heterocycles. The Labute approximate surface area is 88.2 Å². The van der Waals surface area contributed by atoms with Gasteiger partial charge in [0, 0.05) is 12.1 Å². The minimum atomic E-state index is 0.00589. The molecule has 0 bridgehead atoms. The van der Waals surface area contributed by atoms with E-state index in [0.717, 1.165) is 26.1 Å². The number of hydrogen-bond donors (Lipinski definition) is 1. The molecule has 2 heteroatoms. The summed E-state index contributed by atoms with van der Waals surface area (Å²) in [5, 5.41) is 0. The van der Waals surface area contributed by atoms with Crippen LogP contribution < -0.4 is 5.73 Å². The maximum Gasteiger partial charge on any atom is 0.0646 e. The Morgan fingerprint density at radius 2 is 2.00 bits per heavy atom. The lowest BCUT2D eigenvalue weighted by Gasteiger charge is -2.24. The van der Waals surface area contributed by atoms with Crippen molar-refractivity contribution in [3.05, 3.63) is 0 Å². The summed E-state index contributed by atoms with van der Waals surface area (Å²) in [4.78, 5) is 0. The predicted octanol–water partition coefficient (Wildman–Crippen LogP) is 2.71. The van der Waals surface area contributed by atoms with Crippen molar-refractivity contribution in [3.63, 3.8) is 0 Å². The molecule has 0 amide bonds. The van der Waals surface area contributed by atoms with E-state index in [4.69, 9.17) is 10.5 Å². The highest BCUT2D eigenvalue weighted by Crippen LogP contribution is 2.27. The summed E-state index contributed by atoms with van der Waals surface area (Å²) in [6.07, 6.45) is 7.37. The topological polar surface area (TPSA) is 35.2 Å². The average molecular weight is 199 g/mol. The van der Waals surface area contributed by atoms with E-state index in [1.54, 1.807) is 0 Å². The van der Waals surface area contributed by atoms with Crippen LogP contribution in [0, 0.1) is 5.92 Å². The SMILES string of the molecule is CCCC(C)COCC1(N)CCCC1. The monoisotopic (exact) mass is 199 g/mol. The van der Waals surface area contributed by atoms with Crippen molar-refractivity contribution in [3.8, 4) is 0 Å². The number of hydrogen-bond acceptors (Lipinski definition) is 2. The largest absolute Gasteiger partial charge is 0.379 e. The van der Waals surface area contributed by atoms with Crippen LogP contribution in [-0.2, 0) is 4.74 Å². The third-order valence-electron chi connectivity index (χ3n) is 3.17. The molecule has 0 saturated heterocycles. The van der Waals surface area contributed by atoms with Gasteiger partial charge in [0.05, 0.1) is 6.61 Å². The third kappa shape index (κ3) is 3.97. The smallest absolute Gasteiger partial charge is 0.0646 e. The van der Waals surface area contributed by atoms with Gasteiger partial charge in [-0.3, -0.25) is 0 Å². The molecule has 0 spiro atoms. The van der Waals surface area contributed by atoms with Crippen LogP contribution in [-0.4, -0.2) is 18.8 Å². The van der Waals surface area contributed by atoms with Gasteiger partial charge in [0.2, 0.25) is 0 Å². The molecule has 0 aromatic heterocycles. The maximum atomic E-state index is 6.19. The quantitative estimate of drug-likeness (QED) is 0.714. The molecule has 2 nitrogen and oxygen atoms in total. The number of rotatable bonds is 6. The number of ether oxygens (including phenoxy) is 1. The standard InChI is InChI=1S/C12H25NO/c1-3-6-11(2)9-14-10-12(13)7-4-5-8-12/h11H,3-10,13H2,1-2H3. The van der Waals surface area contributed by atoms with Crippen LogP contribution in [0.15, 0.2) is 0 Å². The van der Waals surface area contributed by atoms with Gasteiger partial charge in [-0.15, -0.1) is 0 Å². The average Bonchev–Trinajstić information content (AvgIpc) is 2.53. The summed E-state index contributed by atoms with van der Waals surface area (Å²) in [7, 11) is 0. The molecular weight excluding hydrogens is 174 g/mol. The van der Waals surface area contributed by atoms with Crippen molar-refractivity contribution in [1.29, 1.82) is 0 Å². The van der Waals surface area contributed by atoms with Crippen molar-refractivity contribution in [1.82, 2.24) is 0 Å². The van der Waals surface area contributed by atoms with Gasteiger partial charge in [0.25, 0.3) is 0 Å². The fraction of sp³-hybridized carbons (Fsp3) is 1.00. The van der Waals surface area contributed by atoms with Crippen LogP contribution in [0.1, 0.15) is 52.4 Å². The minimum Gasteiger partial charge on any atom is -0.379 e. The van der Waals surface area contributed by atoms with Crippen LogP contribution in [0.2, 0.25) is 0 Å².